The summed E-state index contributed by atoms with van der Waals surface area (Å²) in [6.07, 6.45) is 0.274. The van der Waals surface area contributed by atoms with Crippen LogP contribution in [0.1, 0.15) is 28.3 Å². The molecule has 1 aromatic rings. The zero-order chi connectivity index (χ0) is 15.4. The lowest BCUT2D eigenvalue weighted by molar-refractivity contribution is -0.120. The Morgan fingerprint density at radius 2 is 2.24 bits per heavy atom. The van der Waals surface area contributed by atoms with Crippen LogP contribution in [0.3, 0.4) is 0 Å². The van der Waals surface area contributed by atoms with Crippen molar-refractivity contribution < 1.29 is 23.9 Å². The Morgan fingerprint density at radius 3 is 2.90 bits per heavy atom. The van der Waals surface area contributed by atoms with Crippen LogP contribution < -0.4 is 10.6 Å². The number of carbonyl (C=O) groups is 3. The summed E-state index contributed by atoms with van der Waals surface area (Å²) in [5.74, 6) is -0.456. The maximum Gasteiger partial charge on any atom is 0.339 e. The van der Waals surface area contributed by atoms with Gasteiger partial charge in [-0.1, -0.05) is 0 Å². The molecule has 0 saturated carbocycles. The van der Waals surface area contributed by atoms with Gasteiger partial charge in [0.15, 0.2) is 0 Å². The van der Waals surface area contributed by atoms with E-state index in [4.69, 9.17) is 9.52 Å². The lowest BCUT2D eigenvalue weighted by Crippen LogP contribution is -2.41. The third-order valence-corrected chi connectivity index (χ3v) is 3.21. The summed E-state index contributed by atoms with van der Waals surface area (Å²) in [5.41, 5.74) is 0.0869. The van der Waals surface area contributed by atoms with Crippen LogP contribution in [0.4, 0.5) is 4.79 Å². The minimum atomic E-state index is -1.06. The van der Waals surface area contributed by atoms with Crippen LogP contribution in [0.5, 0.6) is 0 Å². The lowest BCUT2D eigenvalue weighted by atomic mass is 10.2. The van der Waals surface area contributed by atoms with Crippen molar-refractivity contribution in [2.45, 2.75) is 19.9 Å². The fourth-order valence-corrected chi connectivity index (χ4v) is 2.09. The molecule has 0 unspecified atom stereocenters. The number of aromatic carboxylic acids is 1. The summed E-state index contributed by atoms with van der Waals surface area (Å²) in [4.78, 5) is 35.6. The molecule has 2 heterocycles. The molecule has 0 spiro atoms. The molecule has 0 aromatic carbocycles. The van der Waals surface area contributed by atoms with E-state index >= 15 is 0 Å². The van der Waals surface area contributed by atoms with Crippen molar-refractivity contribution in [3.05, 3.63) is 23.2 Å². The zero-order valence-electron chi connectivity index (χ0n) is 11.6. The Kier molecular flexibility index (Phi) is 4.46. The number of carboxylic acid groups (broad SMARTS) is 1. The molecule has 1 aromatic heterocycles. The first kappa shape index (κ1) is 14.9. The van der Waals surface area contributed by atoms with Gasteiger partial charge in [0.1, 0.15) is 17.1 Å². The first-order valence-corrected chi connectivity index (χ1v) is 6.59. The van der Waals surface area contributed by atoms with E-state index in [1.807, 2.05) is 0 Å². The van der Waals surface area contributed by atoms with Crippen LogP contribution in [0, 0.1) is 6.92 Å². The molecule has 8 nitrogen and oxygen atoms in total. The SMILES string of the molecule is Cc1oc(CNC(=O)N2CCNC(=O)CC2)cc1C(=O)O. The second-order valence-electron chi connectivity index (χ2n) is 4.73. The fourth-order valence-electron chi connectivity index (χ4n) is 2.09. The topological polar surface area (TPSA) is 112 Å². The van der Waals surface area contributed by atoms with Gasteiger partial charge >= 0.3 is 12.0 Å². The highest BCUT2D eigenvalue weighted by Crippen LogP contribution is 2.14. The molecular weight excluding hydrogens is 278 g/mol. The Morgan fingerprint density at radius 1 is 1.48 bits per heavy atom. The number of hydrogen-bond donors (Lipinski definition) is 3. The molecule has 1 saturated heterocycles. The standard InChI is InChI=1S/C13H17N3O5/c1-8-10(12(18)19)6-9(21-8)7-15-13(20)16-4-2-11(17)14-3-5-16/h6H,2-5,7H2,1H3,(H,14,17)(H,15,20)(H,18,19). The van der Waals surface area contributed by atoms with Crippen LogP contribution >= 0.6 is 0 Å². The van der Waals surface area contributed by atoms with Gasteiger partial charge in [0.25, 0.3) is 0 Å². The van der Waals surface area contributed by atoms with Gasteiger partial charge in [0, 0.05) is 26.1 Å². The molecule has 0 radical (unpaired) electrons. The van der Waals surface area contributed by atoms with E-state index in [1.54, 1.807) is 6.92 Å². The number of nitrogens with one attached hydrogen (secondary N) is 2. The highest BCUT2D eigenvalue weighted by atomic mass is 16.4. The van der Waals surface area contributed by atoms with Crippen LogP contribution in [-0.2, 0) is 11.3 Å². The maximum absolute atomic E-state index is 12.0. The molecule has 1 aliphatic rings. The quantitative estimate of drug-likeness (QED) is 0.743. The summed E-state index contributed by atoms with van der Waals surface area (Å²) in [6.45, 7) is 2.88. The second-order valence-corrected chi connectivity index (χ2v) is 4.73. The Hall–Kier alpha value is -2.51. The van der Waals surface area contributed by atoms with Crippen molar-refractivity contribution in [2.24, 2.45) is 0 Å². The van der Waals surface area contributed by atoms with Gasteiger partial charge in [-0.25, -0.2) is 9.59 Å². The fraction of sp³-hybridized carbons (Fsp3) is 0.462. The number of furan rings is 1. The third kappa shape index (κ3) is 3.74. The Balaban J connectivity index is 1.90. The van der Waals surface area contributed by atoms with E-state index in [0.29, 0.717) is 31.2 Å². The Labute approximate surface area is 121 Å². The van der Waals surface area contributed by atoms with E-state index in [-0.39, 0.29) is 30.5 Å². The summed E-state index contributed by atoms with van der Waals surface area (Å²) < 4.78 is 5.27. The molecule has 0 bridgehead atoms. The molecule has 0 aliphatic carbocycles. The minimum Gasteiger partial charge on any atom is -0.478 e. The van der Waals surface area contributed by atoms with Crippen LogP contribution in [-0.4, -0.2) is 47.5 Å². The summed E-state index contributed by atoms with van der Waals surface area (Å²) in [5, 5.41) is 14.3. The highest BCUT2D eigenvalue weighted by molar-refractivity contribution is 5.88. The molecule has 2 rings (SSSR count). The van der Waals surface area contributed by atoms with Gasteiger partial charge in [0.05, 0.1) is 6.54 Å². The average Bonchev–Trinajstić information content (AvgIpc) is 2.66. The predicted molar refractivity (Wildman–Crippen MR) is 71.8 cm³/mol. The van der Waals surface area contributed by atoms with Crippen molar-refractivity contribution in [1.29, 1.82) is 0 Å². The smallest absolute Gasteiger partial charge is 0.339 e. The monoisotopic (exact) mass is 295 g/mol. The van der Waals surface area contributed by atoms with E-state index in [1.165, 1.54) is 11.0 Å². The molecule has 1 fully saturated rings. The molecule has 114 valence electrons. The first-order valence-electron chi connectivity index (χ1n) is 6.59. The molecule has 3 amide bonds. The minimum absolute atomic E-state index is 0.0712. The van der Waals surface area contributed by atoms with Crippen LogP contribution in [0.15, 0.2) is 10.5 Å². The van der Waals surface area contributed by atoms with Crippen LogP contribution in [0.2, 0.25) is 0 Å². The van der Waals surface area contributed by atoms with Gasteiger partial charge in [-0.05, 0) is 13.0 Å². The van der Waals surface area contributed by atoms with Crippen molar-refractivity contribution in [3.8, 4) is 0 Å². The van der Waals surface area contributed by atoms with Crippen molar-refractivity contribution >= 4 is 17.9 Å². The van der Waals surface area contributed by atoms with Crippen molar-refractivity contribution in [3.63, 3.8) is 0 Å². The predicted octanol–water partition coefficient (Wildman–Crippen LogP) is 0.318. The normalized spacial score (nSPS) is 15.3. The van der Waals surface area contributed by atoms with E-state index in [2.05, 4.69) is 10.6 Å². The molecule has 21 heavy (non-hydrogen) atoms. The van der Waals surface area contributed by atoms with E-state index < -0.39 is 5.97 Å². The van der Waals surface area contributed by atoms with E-state index in [9.17, 15) is 14.4 Å². The second kappa shape index (κ2) is 6.29. The number of nitrogens with zero attached hydrogens (tertiary/aromatic N) is 1. The largest absolute Gasteiger partial charge is 0.478 e. The van der Waals surface area contributed by atoms with Crippen molar-refractivity contribution in [1.82, 2.24) is 15.5 Å². The Bertz CT molecular complexity index is 566. The van der Waals surface area contributed by atoms with Gasteiger partial charge in [0.2, 0.25) is 5.91 Å². The first-order chi connectivity index (χ1) is 9.97. The highest BCUT2D eigenvalue weighted by Gasteiger charge is 2.19. The summed E-state index contributed by atoms with van der Waals surface area (Å²) in [6, 6.07) is 1.09. The van der Waals surface area contributed by atoms with Gasteiger partial charge in [-0.3, -0.25) is 4.79 Å². The maximum atomic E-state index is 12.0. The summed E-state index contributed by atoms with van der Waals surface area (Å²) in [7, 11) is 0. The summed E-state index contributed by atoms with van der Waals surface area (Å²) >= 11 is 0. The number of carbonyl (C=O) groups excluding carboxylic acids is 2. The number of rotatable bonds is 3. The molecule has 8 heteroatoms. The number of urea groups is 1. The average molecular weight is 295 g/mol. The number of aryl methyl sites for hydroxylation is 1. The van der Waals surface area contributed by atoms with Gasteiger partial charge in [-0.2, -0.15) is 0 Å². The van der Waals surface area contributed by atoms with Crippen LogP contribution in [0.25, 0.3) is 0 Å². The van der Waals surface area contributed by atoms with Gasteiger partial charge in [-0.15, -0.1) is 0 Å². The molecular formula is C13H17N3O5. The third-order valence-electron chi connectivity index (χ3n) is 3.21. The number of carboxylic acids is 1. The number of amides is 3. The molecule has 3 N–H and O–H groups in total. The van der Waals surface area contributed by atoms with Crippen molar-refractivity contribution in [2.75, 3.05) is 19.6 Å². The molecule has 0 atom stereocenters. The van der Waals surface area contributed by atoms with E-state index in [0.717, 1.165) is 0 Å². The number of hydrogen-bond acceptors (Lipinski definition) is 4. The molecule has 1 aliphatic heterocycles. The lowest BCUT2D eigenvalue weighted by Gasteiger charge is -2.19. The zero-order valence-corrected chi connectivity index (χ0v) is 11.6. The van der Waals surface area contributed by atoms with Gasteiger partial charge < -0.3 is 25.1 Å².